The van der Waals surface area contributed by atoms with Gasteiger partial charge >= 0.3 is 0 Å². The van der Waals surface area contributed by atoms with Crippen LogP contribution in [0.15, 0.2) is 18.3 Å². The third kappa shape index (κ3) is 2.06. The van der Waals surface area contributed by atoms with Gasteiger partial charge in [-0.3, -0.25) is 4.79 Å². The Morgan fingerprint density at radius 3 is 2.95 bits per heavy atom. The van der Waals surface area contributed by atoms with Crippen LogP contribution in [-0.4, -0.2) is 35.4 Å². The van der Waals surface area contributed by atoms with Crippen LogP contribution in [0.25, 0.3) is 0 Å². The summed E-state index contributed by atoms with van der Waals surface area (Å²) in [5, 5.41) is 3.39. The molecular weight excluding hydrogens is 250 g/mol. The highest BCUT2D eigenvalue weighted by Crippen LogP contribution is 2.41. The molecule has 4 heteroatoms. The number of nitrogens with zero attached hydrogens (tertiary/aromatic N) is 1. The maximum Gasteiger partial charge on any atom is 0.230 e. The minimum absolute atomic E-state index is 0.199. The second-order valence-corrected chi connectivity index (χ2v) is 6.52. The van der Waals surface area contributed by atoms with Gasteiger partial charge in [-0.25, -0.2) is 0 Å². The molecule has 0 aliphatic carbocycles. The maximum atomic E-state index is 13.2. The van der Waals surface area contributed by atoms with Gasteiger partial charge in [0.25, 0.3) is 0 Å². The Labute approximate surface area is 120 Å². The van der Waals surface area contributed by atoms with Gasteiger partial charge in [0.1, 0.15) is 0 Å². The van der Waals surface area contributed by atoms with Crippen LogP contribution in [0.3, 0.4) is 0 Å². The molecule has 1 amide bonds. The highest BCUT2D eigenvalue weighted by Gasteiger charge is 2.48. The van der Waals surface area contributed by atoms with E-state index in [0.717, 1.165) is 38.9 Å². The van der Waals surface area contributed by atoms with Crippen molar-refractivity contribution in [2.45, 2.75) is 39.2 Å². The van der Waals surface area contributed by atoms with Crippen molar-refractivity contribution in [2.24, 2.45) is 11.3 Å². The monoisotopic (exact) mass is 275 g/mol. The molecule has 2 unspecified atom stereocenters. The van der Waals surface area contributed by atoms with Crippen LogP contribution in [0.2, 0.25) is 0 Å². The Kier molecular flexibility index (Phi) is 3.59. The molecule has 1 aromatic heterocycles. The lowest BCUT2D eigenvalue weighted by Gasteiger charge is -2.37. The molecule has 0 radical (unpaired) electrons. The summed E-state index contributed by atoms with van der Waals surface area (Å²) in [7, 11) is 0. The van der Waals surface area contributed by atoms with Gasteiger partial charge in [0, 0.05) is 25.0 Å². The third-order valence-corrected chi connectivity index (χ3v) is 5.21. The van der Waals surface area contributed by atoms with Gasteiger partial charge in [0.2, 0.25) is 5.91 Å². The second-order valence-electron chi connectivity index (χ2n) is 6.52. The molecule has 110 valence electrons. The van der Waals surface area contributed by atoms with E-state index in [0.29, 0.717) is 11.8 Å². The minimum atomic E-state index is -0.199. The molecule has 2 fully saturated rings. The Morgan fingerprint density at radius 1 is 1.50 bits per heavy atom. The van der Waals surface area contributed by atoms with Gasteiger partial charge in [-0.05, 0) is 43.9 Å². The molecule has 2 aliphatic heterocycles. The highest BCUT2D eigenvalue weighted by atomic mass is 16.2. The normalized spacial score (nSPS) is 30.4. The zero-order valence-corrected chi connectivity index (χ0v) is 12.5. The van der Waals surface area contributed by atoms with Crippen LogP contribution in [0.1, 0.15) is 44.8 Å². The first-order valence-electron chi connectivity index (χ1n) is 7.80. The summed E-state index contributed by atoms with van der Waals surface area (Å²) in [5.74, 6) is 0.740. The van der Waals surface area contributed by atoms with Crippen LogP contribution in [-0.2, 0) is 4.79 Å². The number of carbonyl (C=O) groups excluding carboxylic acids is 1. The van der Waals surface area contributed by atoms with Gasteiger partial charge in [0.15, 0.2) is 0 Å². The lowest BCUT2D eigenvalue weighted by molar-refractivity contribution is -0.144. The number of nitrogens with one attached hydrogen (secondary N) is 2. The van der Waals surface area contributed by atoms with Gasteiger partial charge < -0.3 is 15.2 Å². The average Bonchev–Trinajstić information content (AvgIpc) is 3.18. The van der Waals surface area contributed by atoms with Crippen LogP contribution in [0.5, 0.6) is 0 Å². The summed E-state index contributed by atoms with van der Waals surface area (Å²) in [6.07, 6.45) is 5.11. The molecule has 3 heterocycles. The summed E-state index contributed by atoms with van der Waals surface area (Å²) in [4.78, 5) is 18.6. The zero-order chi connectivity index (χ0) is 14.2. The third-order valence-electron chi connectivity index (χ3n) is 5.21. The van der Waals surface area contributed by atoms with Crippen LogP contribution in [0, 0.1) is 11.3 Å². The Balaban J connectivity index is 1.85. The number of likely N-dealkylation sites (tertiary alicyclic amines) is 1. The number of amides is 1. The molecule has 20 heavy (non-hydrogen) atoms. The molecule has 0 aromatic carbocycles. The lowest BCUT2D eigenvalue weighted by Crippen LogP contribution is -2.48. The highest BCUT2D eigenvalue weighted by molar-refractivity contribution is 5.84. The minimum Gasteiger partial charge on any atom is -0.363 e. The first-order chi connectivity index (χ1) is 9.65. The van der Waals surface area contributed by atoms with Crippen molar-refractivity contribution in [1.82, 2.24) is 15.2 Å². The van der Waals surface area contributed by atoms with Crippen molar-refractivity contribution < 1.29 is 4.79 Å². The van der Waals surface area contributed by atoms with E-state index in [-0.39, 0.29) is 11.5 Å². The number of aromatic amines is 1. The summed E-state index contributed by atoms with van der Waals surface area (Å²) in [6.45, 7) is 7.06. The summed E-state index contributed by atoms with van der Waals surface area (Å²) >= 11 is 0. The number of hydrogen-bond donors (Lipinski definition) is 2. The fourth-order valence-corrected chi connectivity index (χ4v) is 3.80. The second kappa shape index (κ2) is 5.24. The molecule has 4 nitrogen and oxygen atoms in total. The molecule has 3 rings (SSSR count). The molecule has 1 aromatic rings. The van der Waals surface area contributed by atoms with Crippen LogP contribution in [0.4, 0.5) is 0 Å². The molecule has 2 N–H and O–H groups in total. The van der Waals surface area contributed by atoms with Crippen molar-refractivity contribution in [3.05, 3.63) is 24.0 Å². The molecule has 0 bridgehead atoms. The van der Waals surface area contributed by atoms with Crippen molar-refractivity contribution in [1.29, 1.82) is 0 Å². The molecule has 2 aliphatic rings. The van der Waals surface area contributed by atoms with Crippen molar-refractivity contribution >= 4 is 5.91 Å². The largest absolute Gasteiger partial charge is 0.363 e. The molecule has 2 atom stereocenters. The summed E-state index contributed by atoms with van der Waals surface area (Å²) in [5.41, 5.74) is 0.982. The van der Waals surface area contributed by atoms with E-state index in [9.17, 15) is 4.79 Å². The number of carbonyl (C=O) groups is 1. The van der Waals surface area contributed by atoms with E-state index in [1.807, 2.05) is 12.3 Å². The predicted molar refractivity (Wildman–Crippen MR) is 79.2 cm³/mol. The average molecular weight is 275 g/mol. The fraction of sp³-hybridized carbons (Fsp3) is 0.688. The SMILES string of the molecule is CC(C)C1(C(=O)N2CCCC2c2ccc[nH]2)CCNC1. The number of rotatable bonds is 3. The van der Waals surface area contributed by atoms with Gasteiger partial charge in [-0.1, -0.05) is 13.8 Å². The van der Waals surface area contributed by atoms with E-state index in [2.05, 4.69) is 35.1 Å². The molecular formula is C16H25N3O. The quantitative estimate of drug-likeness (QED) is 0.889. The van der Waals surface area contributed by atoms with Gasteiger partial charge in [0.05, 0.1) is 11.5 Å². The van der Waals surface area contributed by atoms with E-state index in [1.54, 1.807) is 0 Å². The first kappa shape index (κ1) is 13.7. The molecule has 0 saturated carbocycles. The maximum absolute atomic E-state index is 13.2. The zero-order valence-electron chi connectivity index (χ0n) is 12.5. The van der Waals surface area contributed by atoms with Gasteiger partial charge in [-0.15, -0.1) is 0 Å². The standard InChI is InChI=1S/C16H25N3O/c1-12(2)16(7-9-17-11-16)15(20)19-10-4-6-14(19)13-5-3-8-18-13/h3,5,8,12,14,17-18H,4,6-7,9-11H2,1-2H3. The van der Waals surface area contributed by atoms with Crippen molar-refractivity contribution in [3.8, 4) is 0 Å². The van der Waals surface area contributed by atoms with Gasteiger partial charge in [-0.2, -0.15) is 0 Å². The smallest absolute Gasteiger partial charge is 0.230 e. The van der Waals surface area contributed by atoms with E-state index >= 15 is 0 Å². The van der Waals surface area contributed by atoms with Crippen LogP contribution >= 0.6 is 0 Å². The van der Waals surface area contributed by atoms with Crippen molar-refractivity contribution in [2.75, 3.05) is 19.6 Å². The molecule has 2 saturated heterocycles. The first-order valence-corrected chi connectivity index (χ1v) is 7.80. The van der Waals surface area contributed by atoms with Crippen molar-refractivity contribution in [3.63, 3.8) is 0 Å². The Bertz CT molecular complexity index is 460. The van der Waals surface area contributed by atoms with E-state index < -0.39 is 0 Å². The fourth-order valence-electron chi connectivity index (χ4n) is 3.80. The predicted octanol–water partition coefficient (Wildman–Crippen LogP) is 2.31. The van der Waals surface area contributed by atoms with Crippen LogP contribution < -0.4 is 5.32 Å². The van der Waals surface area contributed by atoms with E-state index in [4.69, 9.17) is 0 Å². The Hall–Kier alpha value is -1.29. The number of aromatic nitrogens is 1. The number of H-pyrrole nitrogens is 1. The molecule has 0 spiro atoms. The number of hydrogen-bond acceptors (Lipinski definition) is 2. The van der Waals surface area contributed by atoms with E-state index in [1.165, 1.54) is 5.69 Å². The lowest BCUT2D eigenvalue weighted by atomic mass is 9.75. The Morgan fingerprint density at radius 2 is 2.35 bits per heavy atom. The summed E-state index contributed by atoms with van der Waals surface area (Å²) in [6, 6.07) is 4.37. The topological polar surface area (TPSA) is 48.1 Å². The summed E-state index contributed by atoms with van der Waals surface area (Å²) < 4.78 is 0.